The second-order valence-corrected chi connectivity index (χ2v) is 8.18. The fourth-order valence-corrected chi connectivity index (χ4v) is 4.00. The number of ether oxygens (including phenoxy) is 3. The molecule has 2 aliphatic heterocycles. The van der Waals surface area contributed by atoms with E-state index >= 15 is 0 Å². The number of hydrogen-bond acceptors (Lipinski definition) is 9. The second-order valence-electron chi connectivity index (χ2n) is 7.72. The van der Waals surface area contributed by atoms with Crippen LogP contribution in [-0.4, -0.2) is 34.4 Å². The number of rotatable bonds is 7. The lowest BCUT2D eigenvalue weighted by Crippen LogP contribution is -2.35. The highest BCUT2D eigenvalue weighted by Gasteiger charge is 2.44. The summed E-state index contributed by atoms with van der Waals surface area (Å²) >= 11 is 4.41. The molecule has 166 valence electrons. The molecule has 1 fully saturated rings. The van der Waals surface area contributed by atoms with E-state index in [9.17, 15) is 0 Å². The fourth-order valence-electron chi connectivity index (χ4n) is 3.77. The zero-order valence-corrected chi connectivity index (χ0v) is 18.4. The number of benzene rings is 2. The standard InChI is InChI=1S/C22H24N6O3S/c1-16-6-8-17(9-7-16)22(14-27-11-10-23-15-27)30-13-18(31-22)12-29-20-5-3-2-4-19(20)28-21(32)24-25-26-28/h2-11,15,18,21,32H,12-14H2,1H3,(H,24,26). The molecule has 2 aliphatic rings. The van der Waals surface area contributed by atoms with Crippen LogP contribution in [0.5, 0.6) is 5.75 Å². The Labute approximate surface area is 191 Å². The van der Waals surface area contributed by atoms with Crippen LogP contribution < -0.4 is 15.3 Å². The van der Waals surface area contributed by atoms with Crippen molar-refractivity contribution in [3.63, 3.8) is 0 Å². The van der Waals surface area contributed by atoms with Gasteiger partial charge in [0, 0.05) is 18.0 Å². The first-order valence-electron chi connectivity index (χ1n) is 10.3. The fraction of sp³-hybridized carbons (Fsp3) is 0.318. The molecule has 1 N–H and O–H groups in total. The van der Waals surface area contributed by atoms with Crippen molar-refractivity contribution in [1.29, 1.82) is 0 Å². The van der Waals surface area contributed by atoms with E-state index < -0.39 is 11.3 Å². The smallest absolute Gasteiger partial charge is 0.214 e. The molecule has 0 spiro atoms. The summed E-state index contributed by atoms with van der Waals surface area (Å²) in [6, 6.07) is 15.9. The Kier molecular flexibility index (Phi) is 5.73. The summed E-state index contributed by atoms with van der Waals surface area (Å²) < 4.78 is 20.8. The predicted molar refractivity (Wildman–Crippen MR) is 121 cm³/mol. The van der Waals surface area contributed by atoms with E-state index in [1.54, 1.807) is 17.5 Å². The van der Waals surface area contributed by atoms with Gasteiger partial charge in [0.1, 0.15) is 24.1 Å². The first-order valence-corrected chi connectivity index (χ1v) is 10.8. The van der Waals surface area contributed by atoms with Crippen LogP contribution in [0.3, 0.4) is 0 Å². The number of anilines is 1. The number of nitrogens with one attached hydrogen (secondary N) is 1. The van der Waals surface area contributed by atoms with Gasteiger partial charge in [0.05, 0.1) is 19.5 Å². The molecule has 32 heavy (non-hydrogen) atoms. The van der Waals surface area contributed by atoms with E-state index in [-0.39, 0.29) is 6.10 Å². The maximum Gasteiger partial charge on any atom is 0.214 e. The van der Waals surface area contributed by atoms with Crippen molar-refractivity contribution in [1.82, 2.24) is 15.1 Å². The van der Waals surface area contributed by atoms with Gasteiger partial charge in [-0.25, -0.2) is 9.99 Å². The Hall–Kier alpha value is -3.08. The van der Waals surface area contributed by atoms with Crippen LogP contribution in [0.15, 0.2) is 77.6 Å². The highest BCUT2D eigenvalue weighted by molar-refractivity contribution is 7.81. The molecule has 3 unspecified atom stereocenters. The molecule has 3 atom stereocenters. The molecule has 9 nitrogen and oxygen atoms in total. The van der Waals surface area contributed by atoms with Crippen molar-refractivity contribution in [2.45, 2.75) is 30.9 Å². The molecule has 10 heteroatoms. The Bertz CT molecular complexity index is 1080. The average molecular weight is 453 g/mol. The van der Waals surface area contributed by atoms with E-state index in [1.165, 1.54) is 5.56 Å². The summed E-state index contributed by atoms with van der Waals surface area (Å²) in [5.74, 6) is -0.232. The third-order valence-corrected chi connectivity index (χ3v) is 5.73. The van der Waals surface area contributed by atoms with Crippen LogP contribution in [0.1, 0.15) is 11.1 Å². The van der Waals surface area contributed by atoms with Gasteiger partial charge < -0.3 is 18.8 Å². The maximum atomic E-state index is 6.48. The third-order valence-electron chi connectivity index (χ3n) is 5.39. The monoisotopic (exact) mass is 452 g/mol. The van der Waals surface area contributed by atoms with Crippen LogP contribution in [0.4, 0.5) is 5.69 Å². The van der Waals surface area contributed by atoms with Gasteiger partial charge in [0.15, 0.2) is 0 Å². The van der Waals surface area contributed by atoms with Crippen molar-refractivity contribution in [2.75, 3.05) is 18.2 Å². The molecule has 5 rings (SSSR count). The molecule has 0 saturated carbocycles. The molecule has 1 aromatic heterocycles. The van der Waals surface area contributed by atoms with Gasteiger partial charge in [-0.1, -0.05) is 47.2 Å². The summed E-state index contributed by atoms with van der Waals surface area (Å²) in [5.41, 5.74) is 5.33. The van der Waals surface area contributed by atoms with Gasteiger partial charge in [-0.2, -0.15) is 5.53 Å². The molecule has 3 heterocycles. The number of para-hydroxylation sites is 2. The van der Waals surface area contributed by atoms with Crippen molar-refractivity contribution < 1.29 is 14.2 Å². The first kappa shape index (κ1) is 20.8. The molecule has 1 saturated heterocycles. The molecule has 0 bridgehead atoms. The lowest BCUT2D eigenvalue weighted by Gasteiger charge is -2.29. The minimum atomic E-state index is -0.910. The molecule has 0 radical (unpaired) electrons. The summed E-state index contributed by atoms with van der Waals surface area (Å²) in [7, 11) is 0. The average Bonchev–Trinajstić information content (AvgIpc) is 3.56. The summed E-state index contributed by atoms with van der Waals surface area (Å²) in [6.07, 6.45) is 5.15. The van der Waals surface area contributed by atoms with Gasteiger partial charge in [0.25, 0.3) is 0 Å². The normalized spacial score (nSPS) is 24.6. The number of hydrazine groups is 1. The van der Waals surface area contributed by atoms with Crippen molar-refractivity contribution in [3.05, 3.63) is 78.4 Å². The van der Waals surface area contributed by atoms with Crippen molar-refractivity contribution >= 4 is 18.3 Å². The number of thiol groups is 1. The topological polar surface area (TPSA) is 85.5 Å². The number of aromatic nitrogens is 2. The van der Waals surface area contributed by atoms with Crippen molar-refractivity contribution in [2.24, 2.45) is 10.3 Å². The Morgan fingerprint density at radius 2 is 2.06 bits per heavy atom. The molecule has 0 amide bonds. The van der Waals surface area contributed by atoms with Crippen LogP contribution in [0.2, 0.25) is 0 Å². The zero-order chi connectivity index (χ0) is 22.0. The van der Waals surface area contributed by atoms with Gasteiger partial charge in [0.2, 0.25) is 11.3 Å². The second kappa shape index (κ2) is 8.81. The number of aryl methyl sites for hydroxylation is 1. The van der Waals surface area contributed by atoms with E-state index in [1.807, 2.05) is 47.2 Å². The van der Waals surface area contributed by atoms with Gasteiger partial charge >= 0.3 is 0 Å². The van der Waals surface area contributed by atoms with Crippen molar-refractivity contribution in [3.8, 4) is 5.75 Å². The zero-order valence-electron chi connectivity index (χ0n) is 17.5. The van der Waals surface area contributed by atoms with Gasteiger partial charge in [-0.15, -0.1) is 17.7 Å². The molecular formula is C22H24N6O3S. The Morgan fingerprint density at radius 1 is 1.22 bits per heavy atom. The highest BCUT2D eigenvalue weighted by Crippen LogP contribution is 2.37. The first-order chi connectivity index (χ1) is 15.6. The van der Waals surface area contributed by atoms with Crippen LogP contribution in [0, 0.1) is 6.92 Å². The minimum absolute atomic E-state index is 0.249. The number of imidazole rings is 1. The van der Waals surface area contributed by atoms with E-state index in [0.29, 0.717) is 25.5 Å². The number of nitrogens with zero attached hydrogens (tertiary/aromatic N) is 5. The molecular weight excluding hydrogens is 428 g/mol. The lowest BCUT2D eigenvalue weighted by atomic mass is 10.0. The Morgan fingerprint density at radius 3 is 2.81 bits per heavy atom. The SMILES string of the molecule is Cc1ccc(C2(Cn3ccnc3)OCC(COc3ccccc3N3NN=NC3S)O2)cc1. The largest absolute Gasteiger partial charge is 0.489 e. The van der Waals surface area contributed by atoms with Gasteiger partial charge in [-0.3, -0.25) is 0 Å². The maximum absolute atomic E-state index is 6.48. The molecule has 2 aromatic carbocycles. The highest BCUT2D eigenvalue weighted by atomic mass is 32.1. The minimum Gasteiger partial charge on any atom is -0.489 e. The lowest BCUT2D eigenvalue weighted by molar-refractivity contribution is -0.189. The predicted octanol–water partition coefficient (Wildman–Crippen LogP) is 3.44. The molecule has 0 aliphatic carbocycles. The van der Waals surface area contributed by atoms with E-state index in [4.69, 9.17) is 14.2 Å². The van der Waals surface area contributed by atoms with Crippen LogP contribution in [-0.2, 0) is 21.8 Å². The Balaban J connectivity index is 1.32. The summed E-state index contributed by atoms with van der Waals surface area (Å²) in [5, 5.41) is 9.50. The van der Waals surface area contributed by atoms with E-state index in [2.05, 4.69) is 52.5 Å². The summed E-state index contributed by atoms with van der Waals surface area (Å²) in [6.45, 7) is 3.29. The molecule has 3 aromatic rings. The number of hydrogen-bond donors (Lipinski definition) is 2. The quantitative estimate of drug-likeness (QED) is 0.534. The third kappa shape index (κ3) is 4.16. The van der Waals surface area contributed by atoms with Crippen LogP contribution in [0.25, 0.3) is 0 Å². The van der Waals surface area contributed by atoms with Gasteiger partial charge in [-0.05, 0) is 19.1 Å². The van der Waals surface area contributed by atoms with Crippen LogP contribution >= 0.6 is 12.6 Å². The summed E-state index contributed by atoms with van der Waals surface area (Å²) in [4.78, 5) is 4.15. The van der Waals surface area contributed by atoms with E-state index in [0.717, 1.165) is 11.3 Å².